The van der Waals surface area contributed by atoms with Gasteiger partial charge in [-0.3, -0.25) is 9.59 Å². The summed E-state index contributed by atoms with van der Waals surface area (Å²) in [4.78, 5) is 26.5. The molecule has 1 unspecified atom stereocenters. The van der Waals surface area contributed by atoms with E-state index in [-0.39, 0.29) is 18.2 Å². The van der Waals surface area contributed by atoms with E-state index in [1.54, 1.807) is 23.1 Å². The monoisotopic (exact) mass is 449 g/mol. The van der Waals surface area contributed by atoms with Gasteiger partial charge in [-0.2, -0.15) is 0 Å². The van der Waals surface area contributed by atoms with Crippen molar-refractivity contribution in [2.24, 2.45) is 5.73 Å². The predicted molar refractivity (Wildman–Crippen MR) is 121 cm³/mol. The fraction of sp³-hybridized carbons (Fsp3) is 0.304. The molecule has 5 rings (SSSR count). The second-order valence-electron chi connectivity index (χ2n) is 7.96. The quantitative estimate of drug-likeness (QED) is 0.556. The number of anilines is 1. The first-order valence-electron chi connectivity index (χ1n) is 10.6. The van der Waals surface area contributed by atoms with Crippen LogP contribution in [0.3, 0.4) is 0 Å². The normalized spacial score (nSPS) is 17.5. The highest BCUT2D eigenvalue weighted by molar-refractivity contribution is 7.99. The largest absolute Gasteiger partial charge is 0.477 e. The Labute approximate surface area is 189 Å². The lowest BCUT2D eigenvalue weighted by Crippen LogP contribution is -2.49. The number of hydrogen-bond donors (Lipinski definition) is 1. The predicted octanol–water partition coefficient (Wildman–Crippen LogP) is 2.58. The van der Waals surface area contributed by atoms with Crippen LogP contribution in [0.5, 0.6) is 5.75 Å². The van der Waals surface area contributed by atoms with Gasteiger partial charge in [0.2, 0.25) is 5.91 Å². The summed E-state index contributed by atoms with van der Waals surface area (Å²) in [7, 11) is 0. The molecule has 3 aromatic rings. The molecule has 1 fully saturated rings. The molecule has 2 aliphatic rings. The number of nitrogens with zero attached hydrogens (tertiary/aromatic N) is 4. The molecule has 8 nitrogen and oxygen atoms in total. The number of thioether (sulfide) groups is 1. The number of fused-ring (bicyclic) bond motifs is 1. The fourth-order valence-electron chi connectivity index (χ4n) is 3.79. The first-order valence-corrected chi connectivity index (χ1v) is 11.5. The molecular weight excluding hydrogens is 426 g/mol. The van der Waals surface area contributed by atoms with Crippen molar-refractivity contribution in [2.45, 2.75) is 36.6 Å². The third kappa shape index (κ3) is 4.20. The van der Waals surface area contributed by atoms with Crippen LogP contribution in [0.4, 0.5) is 5.69 Å². The fourth-order valence-corrected chi connectivity index (χ4v) is 4.61. The molecule has 1 atom stereocenters. The number of carbonyl (C=O) groups excluding carboxylic acids is 2. The average molecular weight is 450 g/mol. The number of nitrogens with two attached hydrogens (primary N) is 1. The van der Waals surface area contributed by atoms with E-state index in [9.17, 15) is 9.59 Å². The lowest BCUT2D eigenvalue weighted by molar-refractivity contribution is -0.125. The van der Waals surface area contributed by atoms with Gasteiger partial charge in [-0.15, -0.1) is 10.2 Å². The van der Waals surface area contributed by atoms with Crippen molar-refractivity contribution in [2.75, 3.05) is 17.2 Å². The second kappa shape index (κ2) is 8.66. The van der Waals surface area contributed by atoms with Crippen molar-refractivity contribution >= 4 is 29.3 Å². The lowest BCUT2D eigenvalue weighted by Gasteiger charge is -2.33. The van der Waals surface area contributed by atoms with Crippen LogP contribution in [0.1, 0.15) is 30.1 Å². The molecule has 0 bridgehead atoms. The van der Waals surface area contributed by atoms with Crippen LogP contribution in [0.15, 0.2) is 59.8 Å². The van der Waals surface area contributed by atoms with Crippen LogP contribution in [0.2, 0.25) is 0 Å². The highest BCUT2D eigenvalue weighted by Gasteiger charge is 2.34. The minimum absolute atomic E-state index is 0.0930. The highest BCUT2D eigenvalue weighted by atomic mass is 32.2. The Balaban J connectivity index is 1.35. The van der Waals surface area contributed by atoms with Crippen LogP contribution in [0.25, 0.3) is 0 Å². The number of benzene rings is 2. The van der Waals surface area contributed by atoms with E-state index in [0.29, 0.717) is 23.9 Å². The van der Waals surface area contributed by atoms with E-state index in [1.165, 1.54) is 11.8 Å². The third-order valence-corrected chi connectivity index (χ3v) is 6.54. The molecule has 2 N–H and O–H groups in total. The number of para-hydroxylation sites is 2. The van der Waals surface area contributed by atoms with Crippen molar-refractivity contribution in [3.05, 3.63) is 66.0 Å². The maximum absolute atomic E-state index is 13.2. The number of primary amides is 1. The maximum atomic E-state index is 13.2. The van der Waals surface area contributed by atoms with E-state index >= 15 is 0 Å². The average Bonchev–Trinajstić information content (AvgIpc) is 3.58. The first kappa shape index (κ1) is 20.6. The van der Waals surface area contributed by atoms with Gasteiger partial charge in [0.15, 0.2) is 11.3 Å². The zero-order valence-electron chi connectivity index (χ0n) is 17.4. The molecule has 2 amide bonds. The lowest BCUT2D eigenvalue weighted by atomic mass is 10.2. The highest BCUT2D eigenvalue weighted by Crippen LogP contribution is 2.40. The number of rotatable bonds is 7. The van der Waals surface area contributed by atoms with E-state index < -0.39 is 12.0 Å². The maximum Gasteiger partial charge on any atom is 0.260 e. The van der Waals surface area contributed by atoms with E-state index in [2.05, 4.69) is 26.9 Å². The standard InChI is InChI=1S/C23H23N5O3S/c24-21(30)19-13-27(17-8-4-5-9-18(17)31-19)20(29)14-32-23-26-25-22(16-10-11-16)28(23)12-15-6-2-1-3-7-15/h1-9,16,19H,10-14H2,(H2,24,30). The minimum Gasteiger partial charge on any atom is -0.477 e. The van der Waals surface area contributed by atoms with Crippen molar-refractivity contribution in [3.63, 3.8) is 0 Å². The summed E-state index contributed by atoms with van der Waals surface area (Å²) in [6.07, 6.45) is 1.37. The Bertz CT molecular complexity index is 1150. The van der Waals surface area contributed by atoms with E-state index in [1.807, 2.05) is 24.3 Å². The van der Waals surface area contributed by atoms with Crippen molar-refractivity contribution in [1.82, 2.24) is 14.8 Å². The van der Waals surface area contributed by atoms with Gasteiger partial charge in [-0.1, -0.05) is 54.2 Å². The molecule has 0 spiro atoms. The van der Waals surface area contributed by atoms with Gasteiger partial charge in [0.25, 0.3) is 5.91 Å². The summed E-state index contributed by atoms with van der Waals surface area (Å²) >= 11 is 1.36. The summed E-state index contributed by atoms with van der Waals surface area (Å²) < 4.78 is 7.77. The molecule has 2 heterocycles. The topological polar surface area (TPSA) is 103 Å². The van der Waals surface area contributed by atoms with Crippen LogP contribution in [-0.2, 0) is 16.1 Å². The Morgan fingerprint density at radius 1 is 1.06 bits per heavy atom. The summed E-state index contributed by atoms with van der Waals surface area (Å²) in [6.45, 7) is 0.760. The van der Waals surface area contributed by atoms with Gasteiger partial charge in [0.05, 0.1) is 24.5 Å². The molecule has 164 valence electrons. The van der Waals surface area contributed by atoms with Gasteiger partial charge in [0, 0.05) is 5.92 Å². The van der Waals surface area contributed by atoms with Gasteiger partial charge in [-0.05, 0) is 30.5 Å². The summed E-state index contributed by atoms with van der Waals surface area (Å²) in [5.41, 5.74) is 7.25. The molecule has 1 aromatic heterocycles. The molecule has 1 aliphatic heterocycles. The first-order chi connectivity index (χ1) is 15.6. The summed E-state index contributed by atoms with van der Waals surface area (Å²) in [5.74, 6) is 1.33. The minimum atomic E-state index is -0.873. The summed E-state index contributed by atoms with van der Waals surface area (Å²) in [5, 5.41) is 9.53. The van der Waals surface area contributed by atoms with Crippen molar-refractivity contribution < 1.29 is 14.3 Å². The van der Waals surface area contributed by atoms with E-state index in [4.69, 9.17) is 10.5 Å². The Morgan fingerprint density at radius 3 is 2.56 bits per heavy atom. The van der Waals surface area contributed by atoms with Crippen LogP contribution in [-0.4, -0.2) is 45.0 Å². The molecular formula is C23H23N5O3S. The molecule has 2 aromatic carbocycles. The van der Waals surface area contributed by atoms with Gasteiger partial charge < -0.3 is 19.9 Å². The number of carbonyl (C=O) groups is 2. The SMILES string of the molecule is NC(=O)C1CN(C(=O)CSc2nnc(C3CC3)n2Cc2ccccc2)c2ccccc2O1. The Kier molecular flexibility index (Phi) is 5.57. The van der Waals surface area contributed by atoms with Crippen LogP contribution < -0.4 is 15.4 Å². The third-order valence-electron chi connectivity index (χ3n) is 5.59. The Hall–Kier alpha value is -3.33. The molecule has 0 radical (unpaired) electrons. The van der Waals surface area contributed by atoms with Crippen molar-refractivity contribution in [3.8, 4) is 5.75 Å². The van der Waals surface area contributed by atoms with Gasteiger partial charge in [-0.25, -0.2) is 0 Å². The second-order valence-corrected chi connectivity index (χ2v) is 8.90. The zero-order valence-corrected chi connectivity index (χ0v) is 18.2. The van der Waals surface area contributed by atoms with Crippen molar-refractivity contribution in [1.29, 1.82) is 0 Å². The zero-order chi connectivity index (χ0) is 22.1. The van der Waals surface area contributed by atoms with Crippen LogP contribution in [0, 0.1) is 0 Å². The van der Waals surface area contributed by atoms with Crippen LogP contribution >= 0.6 is 11.8 Å². The smallest absolute Gasteiger partial charge is 0.260 e. The number of amides is 2. The van der Waals surface area contributed by atoms with E-state index in [0.717, 1.165) is 29.4 Å². The van der Waals surface area contributed by atoms with Gasteiger partial charge >= 0.3 is 0 Å². The summed E-state index contributed by atoms with van der Waals surface area (Å²) in [6, 6.07) is 17.3. The molecule has 0 saturated heterocycles. The van der Waals surface area contributed by atoms with Gasteiger partial charge in [0.1, 0.15) is 11.6 Å². The number of ether oxygens (including phenoxy) is 1. The Morgan fingerprint density at radius 2 is 1.81 bits per heavy atom. The molecule has 9 heteroatoms. The number of hydrogen-bond acceptors (Lipinski definition) is 6. The molecule has 1 saturated carbocycles. The molecule has 1 aliphatic carbocycles. The number of aromatic nitrogens is 3. The molecule has 32 heavy (non-hydrogen) atoms.